The molecule has 2 heteroatoms. The van der Waals surface area contributed by atoms with Crippen LogP contribution in [0.1, 0.15) is 33.1 Å². The fourth-order valence-corrected chi connectivity index (χ4v) is 0.961. The van der Waals surface area contributed by atoms with Gasteiger partial charge in [-0.25, -0.2) is 0 Å². The van der Waals surface area contributed by atoms with Crippen molar-refractivity contribution in [3.05, 3.63) is 11.6 Å². The smallest absolute Gasteiger partial charge is 0.120 e. The number of aldehydes is 1. The molecule has 0 saturated heterocycles. The van der Waals surface area contributed by atoms with Gasteiger partial charge in [0, 0.05) is 6.42 Å². The molecule has 2 nitrogen and oxygen atoms in total. The van der Waals surface area contributed by atoms with Gasteiger partial charge in [0.1, 0.15) is 6.29 Å². The predicted octanol–water partition coefficient (Wildman–Crippen LogP) is 1.93. The van der Waals surface area contributed by atoms with Gasteiger partial charge < -0.3 is 9.90 Å². The van der Waals surface area contributed by atoms with Crippen LogP contribution >= 0.6 is 0 Å². The van der Waals surface area contributed by atoms with E-state index in [1.54, 1.807) is 0 Å². The summed E-state index contributed by atoms with van der Waals surface area (Å²) in [5.41, 5.74) is 1.01. The number of hydrogen-bond acceptors (Lipinski definition) is 2. The van der Waals surface area contributed by atoms with E-state index in [0.29, 0.717) is 12.3 Å². The molecule has 0 spiro atoms. The van der Waals surface area contributed by atoms with Crippen molar-refractivity contribution in [3.63, 3.8) is 0 Å². The quantitative estimate of drug-likeness (QED) is 0.488. The first-order valence-corrected chi connectivity index (χ1v) is 4.40. The summed E-state index contributed by atoms with van der Waals surface area (Å²) in [6.07, 6.45) is 5.62. The van der Waals surface area contributed by atoms with Crippen LogP contribution in [0.5, 0.6) is 0 Å². The van der Waals surface area contributed by atoms with Crippen LogP contribution < -0.4 is 0 Å². The van der Waals surface area contributed by atoms with Gasteiger partial charge in [-0.15, -0.1) is 0 Å². The lowest BCUT2D eigenvalue weighted by Crippen LogP contribution is -1.94. The monoisotopic (exact) mass is 170 g/mol. The van der Waals surface area contributed by atoms with Crippen molar-refractivity contribution in [2.45, 2.75) is 33.1 Å². The van der Waals surface area contributed by atoms with Crippen molar-refractivity contribution < 1.29 is 9.90 Å². The van der Waals surface area contributed by atoms with Gasteiger partial charge in [0.25, 0.3) is 0 Å². The number of rotatable bonds is 6. The lowest BCUT2D eigenvalue weighted by molar-refractivity contribution is -0.108. The Bertz CT molecular complexity index is 150. The molecular weight excluding hydrogens is 152 g/mol. The van der Waals surface area contributed by atoms with E-state index in [-0.39, 0.29) is 6.61 Å². The Morgan fingerprint density at radius 3 is 2.75 bits per heavy atom. The number of aliphatic hydroxyl groups excluding tert-OH is 1. The maximum absolute atomic E-state index is 10.1. The van der Waals surface area contributed by atoms with Gasteiger partial charge >= 0.3 is 0 Å². The fraction of sp³-hybridized carbons (Fsp3) is 0.700. The number of hydrogen-bond donors (Lipinski definition) is 1. The molecule has 0 radical (unpaired) electrons. The highest BCUT2D eigenvalue weighted by Crippen LogP contribution is 2.09. The minimum Gasteiger partial charge on any atom is -0.392 e. The number of aliphatic hydroxyl groups is 1. The number of carbonyl (C=O) groups is 1. The van der Waals surface area contributed by atoms with E-state index < -0.39 is 0 Å². The Labute approximate surface area is 74.3 Å². The van der Waals surface area contributed by atoms with Gasteiger partial charge in [0.15, 0.2) is 0 Å². The molecule has 0 aromatic carbocycles. The first-order chi connectivity index (χ1) is 5.70. The molecular formula is C10H18O2. The molecule has 0 aliphatic carbocycles. The Kier molecular flexibility index (Phi) is 6.67. The van der Waals surface area contributed by atoms with Crippen molar-refractivity contribution in [1.82, 2.24) is 0 Å². The molecule has 0 fully saturated rings. The second-order valence-electron chi connectivity index (χ2n) is 3.29. The van der Waals surface area contributed by atoms with Gasteiger partial charge in [0.2, 0.25) is 0 Å². The third kappa shape index (κ3) is 6.10. The van der Waals surface area contributed by atoms with Crippen LogP contribution in [0.2, 0.25) is 0 Å². The van der Waals surface area contributed by atoms with Gasteiger partial charge in [-0.05, 0) is 25.7 Å². The zero-order valence-corrected chi connectivity index (χ0v) is 7.92. The molecule has 0 aromatic heterocycles. The van der Waals surface area contributed by atoms with Crippen molar-refractivity contribution in [1.29, 1.82) is 0 Å². The highest BCUT2D eigenvalue weighted by molar-refractivity contribution is 5.49. The largest absolute Gasteiger partial charge is 0.392 e. The predicted molar refractivity (Wildman–Crippen MR) is 49.9 cm³/mol. The van der Waals surface area contributed by atoms with Crippen molar-refractivity contribution in [2.24, 2.45) is 5.92 Å². The summed E-state index contributed by atoms with van der Waals surface area (Å²) in [6, 6.07) is 0. The van der Waals surface area contributed by atoms with Gasteiger partial charge in [-0.3, -0.25) is 0 Å². The Morgan fingerprint density at radius 1 is 1.58 bits per heavy atom. The van der Waals surface area contributed by atoms with Crippen LogP contribution in [-0.2, 0) is 4.79 Å². The van der Waals surface area contributed by atoms with Gasteiger partial charge in [0.05, 0.1) is 6.61 Å². The van der Waals surface area contributed by atoms with Crippen LogP contribution in [0.4, 0.5) is 0 Å². The molecule has 1 atom stereocenters. The summed E-state index contributed by atoms with van der Waals surface area (Å²) in [4.78, 5) is 10.1. The first kappa shape index (κ1) is 11.4. The third-order valence-corrected chi connectivity index (χ3v) is 1.90. The summed E-state index contributed by atoms with van der Waals surface area (Å²) in [7, 11) is 0. The molecule has 1 unspecified atom stereocenters. The van der Waals surface area contributed by atoms with E-state index in [2.05, 4.69) is 6.92 Å². The maximum Gasteiger partial charge on any atom is 0.120 e. The van der Waals surface area contributed by atoms with Crippen molar-refractivity contribution in [3.8, 4) is 0 Å². The topological polar surface area (TPSA) is 37.3 Å². The Balaban J connectivity index is 3.47. The maximum atomic E-state index is 10.1. The first-order valence-electron chi connectivity index (χ1n) is 4.40. The molecule has 0 saturated carbocycles. The molecule has 0 aromatic rings. The SMILES string of the molecule is CC(=CCCC(C)CC=O)CO. The van der Waals surface area contributed by atoms with Gasteiger partial charge in [-0.1, -0.05) is 18.6 Å². The van der Waals surface area contributed by atoms with Gasteiger partial charge in [-0.2, -0.15) is 0 Å². The summed E-state index contributed by atoms with van der Waals surface area (Å²) in [6.45, 7) is 4.11. The third-order valence-electron chi connectivity index (χ3n) is 1.90. The lowest BCUT2D eigenvalue weighted by Gasteiger charge is -2.04. The molecule has 0 bridgehead atoms. The van der Waals surface area contributed by atoms with Crippen LogP contribution in [0, 0.1) is 5.92 Å². The summed E-state index contributed by atoms with van der Waals surface area (Å²) < 4.78 is 0. The van der Waals surface area contributed by atoms with Crippen molar-refractivity contribution >= 4 is 6.29 Å². The second kappa shape index (κ2) is 7.04. The standard InChI is InChI=1S/C10H18O2/c1-9(6-7-11)4-3-5-10(2)8-12/h5,7,9,12H,3-4,6,8H2,1-2H3. The summed E-state index contributed by atoms with van der Waals surface area (Å²) in [5, 5.41) is 8.68. The van der Waals surface area contributed by atoms with Crippen LogP contribution in [0.15, 0.2) is 11.6 Å². The molecule has 0 aliphatic rings. The van der Waals surface area contributed by atoms with E-state index in [4.69, 9.17) is 5.11 Å². The number of allylic oxidation sites excluding steroid dienone is 1. The highest BCUT2D eigenvalue weighted by Gasteiger charge is 1.98. The average molecular weight is 170 g/mol. The van der Waals surface area contributed by atoms with E-state index in [1.165, 1.54) is 0 Å². The Hall–Kier alpha value is -0.630. The summed E-state index contributed by atoms with van der Waals surface area (Å²) in [5.74, 6) is 0.463. The van der Waals surface area contributed by atoms with Crippen LogP contribution in [0.3, 0.4) is 0 Å². The van der Waals surface area contributed by atoms with Crippen LogP contribution in [0.25, 0.3) is 0 Å². The molecule has 12 heavy (non-hydrogen) atoms. The zero-order chi connectivity index (χ0) is 9.40. The normalized spacial score (nSPS) is 14.4. The minimum absolute atomic E-state index is 0.141. The minimum atomic E-state index is 0.141. The fourth-order valence-electron chi connectivity index (χ4n) is 0.961. The molecule has 0 rings (SSSR count). The van der Waals surface area contributed by atoms with E-state index >= 15 is 0 Å². The number of carbonyl (C=O) groups excluding carboxylic acids is 1. The molecule has 0 heterocycles. The molecule has 0 aliphatic heterocycles. The van der Waals surface area contributed by atoms with E-state index in [1.807, 2.05) is 13.0 Å². The second-order valence-corrected chi connectivity index (χ2v) is 3.29. The highest BCUT2D eigenvalue weighted by atomic mass is 16.3. The average Bonchev–Trinajstić information content (AvgIpc) is 2.04. The van der Waals surface area contributed by atoms with Crippen LogP contribution in [-0.4, -0.2) is 18.0 Å². The molecule has 0 amide bonds. The van der Waals surface area contributed by atoms with Crippen molar-refractivity contribution in [2.75, 3.05) is 6.61 Å². The zero-order valence-electron chi connectivity index (χ0n) is 7.92. The summed E-state index contributed by atoms with van der Waals surface area (Å²) >= 11 is 0. The molecule has 1 N–H and O–H groups in total. The lowest BCUT2D eigenvalue weighted by atomic mass is 10.0. The Morgan fingerprint density at radius 2 is 2.25 bits per heavy atom. The van der Waals surface area contributed by atoms with E-state index in [9.17, 15) is 4.79 Å². The molecule has 70 valence electrons. The van der Waals surface area contributed by atoms with E-state index in [0.717, 1.165) is 24.7 Å².